The zero-order valence-electron chi connectivity index (χ0n) is 9.41. The molecule has 4 nitrogen and oxygen atoms in total. The summed E-state index contributed by atoms with van der Waals surface area (Å²) in [5, 5.41) is 8.73. The van der Waals surface area contributed by atoms with Gasteiger partial charge in [0, 0.05) is 25.6 Å². The Morgan fingerprint density at radius 2 is 2.27 bits per heavy atom. The van der Waals surface area contributed by atoms with Crippen LogP contribution in [0.3, 0.4) is 0 Å². The fourth-order valence-electron chi connectivity index (χ4n) is 1.36. The number of furan rings is 1. The topological polar surface area (TPSA) is 53.7 Å². The minimum Gasteiger partial charge on any atom is -0.456 e. The van der Waals surface area contributed by atoms with Crippen LogP contribution < -0.4 is 0 Å². The number of hydrogen-bond donors (Lipinski definition) is 1. The predicted octanol–water partition coefficient (Wildman–Crippen LogP) is 1.21. The van der Waals surface area contributed by atoms with E-state index in [2.05, 4.69) is 0 Å². The molecule has 0 saturated carbocycles. The minimum atomic E-state index is -0.179. The normalized spacial score (nSPS) is 10.4. The summed E-state index contributed by atoms with van der Waals surface area (Å²) in [7, 11) is 1.64. The van der Waals surface area contributed by atoms with E-state index in [0.29, 0.717) is 12.3 Å². The van der Waals surface area contributed by atoms with Gasteiger partial charge in [0.15, 0.2) is 5.76 Å². The molecule has 0 aliphatic heterocycles. The molecular formula is C11H17NO3. The maximum Gasteiger partial charge on any atom is 0.289 e. The van der Waals surface area contributed by atoms with Crippen molar-refractivity contribution in [2.75, 3.05) is 20.2 Å². The van der Waals surface area contributed by atoms with Crippen molar-refractivity contribution in [3.63, 3.8) is 0 Å². The Bertz CT molecular complexity index is 344. The molecule has 0 spiro atoms. The van der Waals surface area contributed by atoms with Crippen molar-refractivity contribution >= 4 is 5.91 Å². The number of aryl methyl sites for hydroxylation is 2. The Hall–Kier alpha value is -1.29. The molecule has 1 rings (SSSR count). The van der Waals surface area contributed by atoms with E-state index in [0.717, 1.165) is 17.7 Å². The fraction of sp³-hybridized carbons (Fsp3) is 0.545. The van der Waals surface area contributed by atoms with Gasteiger partial charge in [-0.25, -0.2) is 0 Å². The number of rotatable bonds is 4. The van der Waals surface area contributed by atoms with Crippen LogP contribution in [0.25, 0.3) is 0 Å². The van der Waals surface area contributed by atoms with Gasteiger partial charge in [-0.15, -0.1) is 0 Å². The van der Waals surface area contributed by atoms with Crippen LogP contribution in [-0.2, 0) is 6.42 Å². The molecule has 1 heterocycles. The van der Waals surface area contributed by atoms with E-state index < -0.39 is 0 Å². The van der Waals surface area contributed by atoms with Gasteiger partial charge >= 0.3 is 0 Å². The van der Waals surface area contributed by atoms with Crippen molar-refractivity contribution in [2.24, 2.45) is 0 Å². The second kappa shape index (κ2) is 4.98. The molecule has 1 N–H and O–H groups in total. The van der Waals surface area contributed by atoms with Crippen LogP contribution in [0.1, 0.15) is 28.8 Å². The predicted molar refractivity (Wildman–Crippen MR) is 56.9 cm³/mol. The number of aliphatic hydroxyl groups excluding tert-OH is 1. The Kier molecular flexibility index (Phi) is 3.91. The highest BCUT2D eigenvalue weighted by Crippen LogP contribution is 2.16. The molecule has 0 unspecified atom stereocenters. The van der Waals surface area contributed by atoms with E-state index in [1.807, 2.05) is 19.9 Å². The molecule has 1 amide bonds. The molecule has 0 aliphatic carbocycles. The molecule has 4 heteroatoms. The third-order valence-corrected chi connectivity index (χ3v) is 2.29. The number of nitrogens with zero attached hydrogens (tertiary/aromatic N) is 1. The number of carbonyl (C=O) groups is 1. The first-order valence-corrected chi connectivity index (χ1v) is 5.05. The second-order valence-electron chi connectivity index (χ2n) is 3.53. The van der Waals surface area contributed by atoms with Crippen molar-refractivity contribution in [2.45, 2.75) is 20.3 Å². The Morgan fingerprint density at radius 3 is 2.73 bits per heavy atom. The summed E-state index contributed by atoms with van der Waals surface area (Å²) < 4.78 is 5.42. The third-order valence-electron chi connectivity index (χ3n) is 2.29. The highest BCUT2D eigenvalue weighted by molar-refractivity contribution is 5.92. The summed E-state index contributed by atoms with van der Waals surface area (Å²) >= 11 is 0. The van der Waals surface area contributed by atoms with Crippen molar-refractivity contribution in [1.29, 1.82) is 0 Å². The summed E-state index contributed by atoms with van der Waals surface area (Å²) in [4.78, 5) is 13.3. The molecule has 0 fully saturated rings. The van der Waals surface area contributed by atoms with Crippen molar-refractivity contribution in [3.05, 3.63) is 23.2 Å². The third kappa shape index (κ3) is 2.59. The van der Waals surface area contributed by atoms with Crippen molar-refractivity contribution in [3.8, 4) is 0 Å². The van der Waals surface area contributed by atoms with E-state index in [-0.39, 0.29) is 12.5 Å². The number of amides is 1. The van der Waals surface area contributed by atoms with E-state index in [9.17, 15) is 4.79 Å². The summed E-state index contributed by atoms with van der Waals surface area (Å²) in [5.74, 6) is 1.01. The first kappa shape index (κ1) is 11.8. The quantitative estimate of drug-likeness (QED) is 0.814. The maximum absolute atomic E-state index is 11.8. The minimum absolute atomic E-state index is 0.0391. The van der Waals surface area contributed by atoms with Gasteiger partial charge in [-0.1, -0.05) is 6.92 Å². The highest BCUT2D eigenvalue weighted by Gasteiger charge is 2.18. The molecule has 84 valence electrons. The smallest absolute Gasteiger partial charge is 0.289 e. The largest absolute Gasteiger partial charge is 0.456 e. The molecule has 0 radical (unpaired) electrons. The first-order chi connectivity index (χ1) is 7.10. The van der Waals surface area contributed by atoms with Gasteiger partial charge in [-0.2, -0.15) is 0 Å². The maximum atomic E-state index is 11.8. The number of likely N-dealkylation sites (N-methyl/N-ethyl adjacent to an activating group) is 1. The fourth-order valence-corrected chi connectivity index (χ4v) is 1.36. The Balaban J connectivity index is 2.85. The number of hydrogen-bond acceptors (Lipinski definition) is 3. The van der Waals surface area contributed by atoms with E-state index in [1.54, 1.807) is 7.05 Å². The molecule has 1 aromatic rings. The van der Waals surface area contributed by atoms with Crippen LogP contribution in [0, 0.1) is 6.92 Å². The van der Waals surface area contributed by atoms with Gasteiger partial charge in [0.2, 0.25) is 0 Å². The van der Waals surface area contributed by atoms with E-state index >= 15 is 0 Å². The number of aliphatic hydroxyl groups is 1. The molecule has 0 bridgehead atoms. The first-order valence-electron chi connectivity index (χ1n) is 5.05. The number of carbonyl (C=O) groups excluding carboxylic acids is 1. The summed E-state index contributed by atoms with van der Waals surface area (Å²) in [6.07, 6.45) is 0.776. The molecule has 0 aliphatic rings. The SMILES string of the molecule is CCc1cc(C)c(C(=O)N(C)CCO)o1. The van der Waals surface area contributed by atoms with Gasteiger partial charge in [-0.05, 0) is 13.0 Å². The monoisotopic (exact) mass is 211 g/mol. The van der Waals surface area contributed by atoms with Gasteiger partial charge < -0.3 is 14.4 Å². The van der Waals surface area contributed by atoms with Crippen molar-refractivity contribution in [1.82, 2.24) is 4.90 Å². The van der Waals surface area contributed by atoms with Gasteiger partial charge in [-0.3, -0.25) is 4.79 Å². The lowest BCUT2D eigenvalue weighted by molar-refractivity contribution is 0.0733. The van der Waals surface area contributed by atoms with Crippen LogP contribution in [0.2, 0.25) is 0 Å². The molecule has 1 aromatic heterocycles. The molecule has 0 atom stereocenters. The zero-order chi connectivity index (χ0) is 11.4. The molecule has 0 aromatic carbocycles. The van der Waals surface area contributed by atoms with Crippen LogP contribution in [-0.4, -0.2) is 36.1 Å². The van der Waals surface area contributed by atoms with Crippen LogP contribution in [0.4, 0.5) is 0 Å². The zero-order valence-corrected chi connectivity index (χ0v) is 9.41. The van der Waals surface area contributed by atoms with Gasteiger partial charge in [0.25, 0.3) is 5.91 Å². The van der Waals surface area contributed by atoms with Gasteiger partial charge in [0.1, 0.15) is 5.76 Å². The summed E-state index contributed by atoms with van der Waals surface area (Å²) in [6.45, 7) is 4.11. The van der Waals surface area contributed by atoms with Crippen LogP contribution in [0.15, 0.2) is 10.5 Å². The lowest BCUT2D eigenvalue weighted by atomic mass is 10.2. The Labute approximate surface area is 89.5 Å². The lowest BCUT2D eigenvalue weighted by Crippen LogP contribution is -2.29. The van der Waals surface area contributed by atoms with Crippen molar-refractivity contribution < 1.29 is 14.3 Å². The van der Waals surface area contributed by atoms with Crippen LogP contribution >= 0.6 is 0 Å². The van der Waals surface area contributed by atoms with Gasteiger partial charge in [0.05, 0.1) is 6.61 Å². The van der Waals surface area contributed by atoms with E-state index in [1.165, 1.54) is 4.90 Å². The molecular weight excluding hydrogens is 194 g/mol. The Morgan fingerprint density at radius 1 is 1.60 bits per heavy atom. The average Bonchev–Trinajstić information content (AvgIpc) is 2.59. The summed E-state index contributed by atoms with van der Waals surface area (Å²) in [5.41, 5.74) is 0.849. The summed E-state index contributed by atoms with van der Waals surface area (Å²) in [6, 6.07) is 1.88. The van der Waals surface area contributed by atoms with E-state index in [4.69, 9.17) is 9.52 Å². The molecule has 15 heavy (non-hydrogen) atoms. The van der Waals surface area contributed by atoms with Crippen LogP contribution in [0.5, 0.6) is 0 Å². The second-order valence-corrected chi connectivity index (χ2v) is 3.53. The molecule has 0 saturated heterocycles. The lowest BCUT2D eigenvalue weighted by Gasteiger charge is -2.14. The standard InChI is InChI=1S/C11H17NO3/c1-4-9-7-8(2)10(15-9)11(14)12(3)5-6-13/h7,13H,4-6H2,1-3H3. The highest BCUT2D eigenvalue weighted by atomic mass is 16.4. The average molecular weight is 211 g/mol.